The third-order valence-corrected chi connectivity index (χ3v) is 2.66. The highest BCUT2D eigenvalue weighted by atomic mass is 16.5. The van der Waals surface area contributed by atoms with Gasteiger partial charge in [0.05, 0.1) is 32.0 Å². The fraction of sp³-hybridized carbons (Fsp3) is 0.333. The zero-order chi connectivity index (χ0) is 13.3. The smallest absolute Gasteiger partial charge is 0.358 e. The van der Waals surface area contributed by atoms with Crippen LogP contribution in [0.15, 0.2) is 18.3 Å². The van der Waals surface area contributed by atoms with Crippen molar-refractivity contribution in [1.82, 2.24) is 9.38 Å². The van der Waals surface area contributed by atoms with Gasteiger partial charge in [-0.3, -0.25) is 4.40 Å². The van der Waals surface area contributed by atoms with Crippen molar-refractivity contribution >= 4 is 11.5 Å². The van der Waals surface area contributed by atoms with Crippen LogP contribution in [0.25, 0.3) is 5.52 Å². The number of methoxy groups -OCH3 is 2. The molecule has 0 aromatic carbocycles. The lowest BCUT2D eigenvalue weighted by Crippen LogP contribution is -2.10. The zero-order valence-electron chi connectivity index (χ0n) is 10.5. The number of carbonyl (C=O) groups is 1. The first-order chi connectivity index (χ1) is 8.58. The fourth-order valence-electron chi connectivity index (χ4n) is 1.78. The minimum atomic E-state index is -0.482. The lowest BCUT2D eigenvalue weighted by molar-refractivity contribution is 0.0597. The van der Waals surface area contributed by atoms with E-state index in [4.69, 9.17) is 15.2 Å². The molecule has 18 heavy (non-hydrogen) atoms. The van der Waals surface area contributed by atoms with Crippen molar-refractivity contribution in [3.63, 3.8) is 0 Å². The fourth-order valence-corrected chi connectivity index (χ4v) is 1.78. The molecule has 0 saturated carbocycles. The SMILES string of the molecule is COC(=O)c1nc(C(C)N)n2cc(OC)ccc12. The third kappa shape index (κ3) is 1.91. The molecule has 96 valence electrons. The summed E-state index contributed by atoms with van der Waals surface area (Å²) in [7, 11) is 2.90. The monoisotopic (exact) mass is 249 g/mol. The van der Waals surface area contributed by atoms with Gasteiger partial charge in [0.1, 0.15) is 11.6 Å². The molecule has 2 N–H and O–H groups in total. The van der Waals surface area contributed by atoms with Crippen molar-refractivity contribution in [3.05, 3.63) is 29.8 Å². The Balaban J connectivity index is 2.71. The number of aromatic nitrogens is 2. The van der Waals surface area contributed by atoms with Crippen LogP contribution < -0.4 is 10.5 Å². The summed E-state index contributed by atoms with van der Waals surface area (Å²) in [6.45, 7) is 1.80. The van der Waals surface area contributed by atoms with E-state index >= 15 is 0 Å². The van der Waals surface area contributed by atoms with E-state index in [-0.39, 0.29) is 11.7 Å². The van der Waals surface area contributed by atoms with Gasteiger partial charge >= 0.3 is 5.97 Å². The maximum atomic E-state index is 11.6. The van der Waals surface area contributed by atoms with Gasteiger partial charge in [-0.25, -0.2) is 9.78 Å². The number of imidazole rings is 1. The molecule has 6 heteroatoms. The Morgan fingerprint density at radius 2 is 2.17 bits per heavy atom. The summed E-state index contributed by atoms with van der Waals surface area (Å²) in [5.41, 5.74) is 6.76. The second kappa shape index (κ2) is 4.66. The molecule has 2 aromatic heterocycles. The Labute approximate surface area is 104 Å². The molecule has 2 rings (SSSR count). The Morgan fingerprint density at radius 1 is 1.44 bits per heavy atom. The molecule has 1 unspecified atom stereocenters. The van der Waals surface area contributed by atoms with Gasteiger partial charge in [-0.1, -0.05) is 0 Å². The van der Waals surface area contributed by atoms with E-state index in [1.807, 2.05) is 0 Å². The Bertz CT molecular complexity index is 590. The summed E-state index contributed by atoms with van der Waals surface area (Å²) < 4.78 is 11.6. The highest BCUT2D eigenvalue weighted by Gasteiger charge is 2.19. The number of rotatable bonds is 3. The molecule has 6 nitrogen and oxygen atoms in total. The first-order valence-corrected chi connectivity index (χ1v) is 5.48. The van der Waals surface area contributed by atoms with Gasteiger partial charge in [0.25, 0.3) is 0 Å². The first kappa shape index (κ1) is 12.4. The minimum Gasteiger partial charge on any atom is -0.495 e. The highest BCUT2D eigenvalue weighted by Crippen LogP contribution is 2.21. The number of pyridine rings is 1. The van der Waals surface area contributed by atoms with E-state index in [1.165, 1.54) is 7.11 Å². The summed E-state index contributed by atoms with van der Waals surface area (Å²) in [6.07, 6.45) is 1.74. The maximum absolute atomic E-state index is 11.6. The van der Waals surface area contributed by atoms with Crippen LogP contribution in [0.4, 0.5) is 0 Å². The molecule has 2 aromatic rings. The van der Waals surface area contributed by atoms with Crippen molar-refractivity contribution in [2.45, 2.75) is 13.0 Å². The number of nitrogens with two attached hydrogens (primary N) is 1. The van der Waals surface area contributed by atoms with Gasteiger partial charge in [0.15, 0.2) is 5.69 Å². The van der Waals surface area contributed by atoms with Crippen LogP contribution in [0.5, 0.6) is 5.75 Å². The molecule has 0 aliphatic heterocycles. The van der Waals surface area contributed by atoms with Crippen LogP contribution in [-0.4, -0.2) is 29.6 Å². The van der Waals surface area contributed by atoms with Crippen LogP contribution in [0, 0.1) is 0 Å². The number of ether oxygens (including phenoxy) is 2. The van der Waals surface area contributed by atoms with E-state index < -0.39 is 5.97 Å². The molecule has 2 heterocycles. The molecular weight excluding hydrogens is 234 g/mol. The van der Waals surface area contributed by atoms with Crippen molar-refractivity contribution in [2.75, 3.05) is 14.2 Å². The van der Waals surface area contributed by atoms with Crippen LogP contribution in [0.3, 0.4) is 0 Å². The number of hydrogen-bond acceptors (Lipinski definition) is 5. The van der Waals surface area contributed by atoms with Gasteiger partial charge in [0, 0.05) is 0 Å². The summed E-state index contributed by atoms with van der Waals surface area (Å²) in [6, 6.07) is 3.21. The van der Waals surface area contributed by atoms with E-state index in [2.05, 4.69) is 4.98 Å². The van der Waals surface area contributed by atoms with E-state index in [0.717, 1.165) is 0 Å². The average molecular weight is 249 g/mol. The number of fused-ring (bicyclic) bond motifs is 1. The van der Waals surface area contributed by atoms with Crippen LogP contribution in [-0.2, 0) is 4.74 Å². The number of esters is 1. The Kier molecular flexibility index (Phi) is 3.20. The normalized spacial score (nSPS) is 12.4. The van der Waals surface area contributed by atoms with Crippen LogP contribution in [0.1, 0.15) is 29.3 Å². The standard InChI is InChI=1S/C12H15N3O3/c1-7(13)11-14-10(12(16)18-3)9-5-4-8(17-2)6-15(9)11/h4-7H,13H2,1-3H3. The number of hydrogen-bond donors (Lipinski definition) is 1. The molecule has 0 fully saturated rings. The number of carbonyl (C=O) groups excluding carboxylic acids is 1. The molecule has 0 aliphatic carbocycles. The van der Waals surface area contributed by atoms with Crippen molar-refractivity contribution in [3.8, 4) is 5.75 Å². The van der Waals surface area contributed by atoms with E-state index in [9.17, 15) is 4.79 Å². The first-order valence-electron chi connectivity index (χ1n) is 5.48. The molecule has 0 amide bonds. The number of nitrogens with zero attached hydrogens (tertiary/aromatic N) is 2. The van der Waals surface area contributed by atoms with Gasteiger partial charge in [-0.2, -0.15) is 0 Å². The van der Waals surface area contributed by atoms with Crippen molar-refractivity contribution in [1.29, 1.82) is 0 Å². The Hall–Kier alpha value is -2.08. The van der Waals surface area contributed by atoms with Gasteiger partial charge in [-0.15, -0.1) is 0 Å². The molecule has 0 bridgehead atoms. The largest absolute Gasteiger partial charge is 0.495 e. The minimum absolute atomic E-state index is 0.257. The molecular formula is C12H15N3O3. The van der Waals surface area contributed by atoms with Crippen molar-refractivity contribution in [2.24, 2.45) is 5.73 Å². The van der Waals surface area contributed by atoms with Gasteiger partial charge < -0.3 is 15.2 Å². The van der Waals surface area contributed by atoms with Crippen molar-refractivity contribution < 1.29 is 14.3 Å². The predicted molar refractivity (Wildman–Crippen MR) is 65.7 cm³/mol. The second-order valence-electron chi connectivity index (χ2n) is 3.92. The summed E-state index contributed by atoms with van der Waals surface area (Å²) in [5, 5.41) is 0. The third-order valence-electron chi connectivity index (χ3n) is 2.66. The van der Waals surface area contributed by atoms with E-state index in [0.29, 0.717) is 17.1 Å². The molecule has 0 saturated heterocycles. The highest BCUT2D eigenvalue weighted by molar-refractivity contribution is 5.95. The summed E-state index contributed by atoms with van der Waals surface area (Å²) >= 11 is 0. The van der Waals surface area contributed by atoms with Crippen LogP contribution in [0.2, 0.25) is 0 Å². The Morgan fingerprint density at radius 3 is 2.72 bits per heavy atom. The van der Waals surface area contributed by atoms with Crippen LogP contribution >= 0.6 is 0 Å². The average Bonchev–Trinajstić information content (AvgIpc) is 2.76. The second-order valence-corrected chi connectivity index (χ2v) is 3.92. The summed E-state index contributed by atoms with van der Waals surface area (Å²) in [5.74, 6) is 0.770. The molecule has 0 spiro atoms. The van der Waals surface area contributed by atoms with Gasteiger partial charge in [0.2, 0.25) is 0 Å². The van der Waals surface area contributed by atoms with Gasteiger partial charge in [-0.05, 0) is 19.1 Å². The maximum Gasteiger partial charge on any atom is 0.358 e. The topological polar surface area (TPSA) is 78.8 Å². The molecule has 1 atom stereocenters. The molecule has 0 radical (unpaired) electrons. The lowest BCUT2D eigenvalue weighted by Gasteiger charge is -2.05. The zero-order valence-corrected chi connectivity index (χ0v) is 10.5. The molecule has 0 aliphatic rings. The summed E-state index contributed by atoms with van der Waals surface area (Å²) in [4.78, 5) is 15.9. The predicted octanol–water partition coefficient (Wildman–Crippen LogP) is 1.15. The lowest BCUT2D eigenvalue weighted by atomic mass is 10.3. The quantitative estimate of drug-likeness (QED) is 0.825. The van der Waals surface area contributed by atoms with E-state index in [1.54, 1.807) is 36.8 Å².